The SMILES string of the molecule is CC(C)N(CC#N)S(=O)(=O)c1ccc(F)c(F)c1. The van der Waals surface area contributed by atoms with Crippen LogP contribution in [-0.2, 0) is 10.0 Å². The predicted molar refractivity (Wildman–Crippen MR) is 61.0 cm³/mol. The largest absolute Gasteiger partial charge is 0.244 e. The monoisotopic (exact) mass is 274 g/mol. The van der Waals surface area contributed by atoms with Crippen molar-refractivity contribution in [2.75, 3.05) is 6.54 Å². The minimum atomic E-state index is -4.00. The third kappa shape index (κ3) is 2.83. The quantitative estimate of drug-likeness (QED) is 0.788. The molecular weight excluding hydrogens is 262 g/mol. The minimum absolute atomic E-state index is 0.348. The number of hydrogen-bond acceptors (Lipinski definition) is 3. The summed E-state index contributed by atoms with van der Waals surface area (Å²) in [6.07, 6.45) is 0. The van der Waals surface area contributed by atoms with Gasteiger partial charge in [0.05, 0.1) is 11.0 Å². The van der Waals surface area contributed by atoms with Crippen molar-refractivity contribution >= 4 is 10.0 Å². The van der Waals surface area contributed by atoms with Gasteiger partial charge in [0.25, 0.3) is 0 Å². The maximum absolute atomic E-state index is 13.0. The van der Waals surface area contributed by atoms with Crippen LogP contribution in [0.3, 0.4) is 0 Å². The Morgan fingerprint density at radius 3 is 2.39 bits per heavy atom. The maximum atomic E-state index is 13.0. The number of nitrogens with zero attached hydrogens (tertiary/aromatic N) is 2. The Labute approximate surface area is 105 Å². The highest BCUT2D eigenvalue weighted by Crippen LogP contribution is 2.20. The molecular formula is C11H12F2N2O2S. The Balaban J connectivity index is 3.27. The van der Waals surface area contributed by atoms with Crippen molar-refractivity contribution < 1.29 is 17.2 Å². The number of halogens is 2. The molecule has 98 valence electrons. The number of nitriles is 1. The molecule has 7 heteroatoms. The van der Waals surface area contributed by atoms with E-state index < -0.39 is 27.7 Å². The van der Waals surface area contributed by atoms with Gasteiger partial charge in [0.2, 0.25) is 10.0 Å². The van der Waals surface area contributed by atoms with Crippen molar-refractivity contribution in [1.82, 2.24) is 4.31 Å². The summed E-state index contributed by atoms with van der Waals surface area (Å²) in [5.74, 6) is -2.36. The van der Waals surface area contributed by atoms with Crippen molar-refractivity contribution in [2.24, 2.45) is 0 Å². The van der Waals surface area contributed by atoms with Crippen LogP contribution in [0.15, 0.2) is 23.1 Å². The van der Waals surface area contributed by atoms with Crippen LogP contribution in [0.4, 0.5) is 8.78 Å². The highest BCUT2D eigenvalue weighted by molar-refractivity contribution is 7.89. The zero-order valence-corrected chi connectivity index (χ0v) is 10.7. The summed E-state index contributed by atoms with van der Waals surface area (Å²) in [5, 5.41) is 8.60. The Morgan fingerprint density at radius 2 is 1.94 bits per heavy atom. The number of rotatable bonds is 4. The molecule has 4 nitrogen and oxygen atoms in total. The first-order valence-electron chi connectivity index (χ1n) is 5.14. The topological polar surface area (TPSA) is 61.2 Å². The molecule has 0 amide bonds. The molecule has 0 radical (unpaired) electrons. The van der Waals surface area contributed by atoms with Crippen LogP contribution in [0.2, 0.25) is 0 Å². The Bertz CT molecular complexity index is 579. The number of benzene rings is 1. The van der Waals surface area contributed by atoms with Crippen molar-refractivity contribution in [3.8, 4) is 6.07 Å². The molecule has 0 N–H and O–H groups in total. The summed E-state index contributed by atoms with van der Waals surface area (Å²) in [5.41, 5.74) is 0. The maximum Gasteiger partial charge on any atom is 0.244 e. The van der Waals surface area contributed by atoms with Crippen LogP contribution in [0.1, 0.15) is 13.8 Å². The summed E-state index contributed by atoms with van der Waals surface area (Å²) >= 11 is 0. The van der Waals surface area contributed by atoms with Gasteiger partial charge in [-0.05, 0) is 32.0 Å². The molecule has 0 heterocycles. The zero-order valence-electron chi connectivity index (χ0n) is 9.89. The Kier molecular flexibility index (Phi) is 4.38. The third-order valence-electron chi connectivity index (χ3n) is 2.30. The fraction of sp³-hybridized carbons (Fsp3) is 0.364. The molecule has 0 unspecified atom stereocenters. The fourth-order valence-electron chi connectivity index (χ4n) is 1.39. The van der Waals surface area contributed by atoms with E-state index >= 15 is 0 Å². The van der Waals surface area contributed by atoms with Gasteiger partial charge >= 0.3 is 0 Å². The van der Waals surface area contributed by atoms with Crippen molar-refractivity contribution in [3.05, 3.63) is 29.8 Å². The first-order chi connectivity index (χ1) is 8.30. The van der Waals surface area contributed by atoms with E-state index in [1.165, 1.54) is 0 Å². The normalized spacial score (nSPS) is 11.8. The van der Waals surface area contributed by atoms with E-state index in [4.69, 9.17) is 5.26 Å². The molecule has 0 aliphatic carbocycles. The van der Waals surface area contributed by atoms with Gasteiger partial charge in [0.1, 0.15) is 6.54 Å². The van der Waals surface area contributed by atoms with Crippen molar-refractivity contribution in [3.63, 3.8) is 0 Å². The molecule has 1 rings (SSSR count). The molecule has 0 spiro atoms. The van der Waals surface area contributed by atoms with E-state index in [9.17, 15) is 17.2 Å². The van der Waals surface area contributed by atoms with Gasteiger partial charge in [-0.1, -0.05) is 0 Å². The van der Waals surface area contributed by atoms with Crippen LogP contribution in [0, 0.1) is 23.0 Å². The summed E-state index contributed by atoms with van der Waals surface area (Å²) in [6.45, 7) is 2.84. The standard InChI is InChI=1S/C11H12F2N2O2S/c1-8(2)15(6-5-14)18(16,17)9-3-4-10(12)11(13)7-9/h3-4,7-8H,6H2,1-2H3. The van der Waals surface area contributed by atoms with E-state index in [1.807, 2.05) is 0 Å². The lowest BCUT2D eigenvalue weighted by Gasteiger charge is -2.23. The molecule has 0 aliphatic rings. The minimum Gasteiger partial charge on any atom is -0.207 e. The molecule has 1 aromatic rings. The molecule has 0 aromatic heterocycles. The highest BCUT2D eigenvalue weighted by atomic mass is 32.2. The number of hydrogen-bond donors (Lipinski definition) is 0. The highest BCUT2D eigenvalue weighted by Gasteiger charge is 2.27. The van der Waals surface area contributed by atoms with E-state index in [-0.39, 0.29) is 11.4 Å². The van der Waals surface area contributed by atoms with Gasteiger partial charge in [0.15, 0.2) is 11.6 Å². The lowest BCUT2D eigenvalue weighted by atomic mass is 10.3. The third-order valence-corrected chi connectivity index (χ3v) is 4.32. The summed E-state index contributed by atoms with van der Waals surface area (Å²) < 4.78 is 50.9. The van der Waals surface area contributed by atoms with Crippen molar-refractivity contribution in [2.45, 2.75) is 24.8 Å². The zero-order chi connectivity index (χ0) is 13.9. The second-order valence-corrected chi connectivity index (χ2v) is 5.77. The van der Waals surface area contributed by atoms with Crippen LogP contribution in [0.25, 0.3) is 0 Å². The summed E-state index contributed by atoms with van der Waals surface area (Å²) in [6, 6.07) is 3.60. The van der Waals surface area contributed by atoms with Gasteiger partial charge in [-0.25, -0.2) is 17.2 Å². The van der Waals surface area contributed by atoms with E-state index in [0.717, 1.165) is 16.4 Å². The molecule has 18 heavy (non-hydrogen) atoms. The molecule has 1 aromatic carbocycles. The fourth-order valence-corrected chi connectivity index (χ4v) is 2.93. The van der Waals surface area contributed by atoms with E-state index in [1.54, 1.807) is 19.9 Å². The van der Waals surface area contributed by atoms with Gasteiger partial charge in [-0.2, -0.15) is 9.57 Å². The van der Waals surface area contributed by atoms with Crippen LogP contribution < -0.4 is 0 Å². The molecule has 0 fully saturated rings. The molecule has 0 aliphatic heterocycles. The molecule has 0 atom stereocenters. The smallest absolute Gasteiger partial charge is 0.207 e. The predicted octanol–water partition coefficient (Wildman–Crippen LogP) is 1.89. The van der Waals surface area contributed by atoms with Gasteiger partial charge in [0, 0.05) is 6.04 Å². The number of sulfonamides is 1. The lowest BCUT2D eigenvalue weighted by molar-refractivity contribution is 0.385. The summed E-state index contributed by atoms with van der Waals surface area (Å²) in [4.78, 5) is -0.370. The Morgan fingerprint density at radius 1 is 1.33 bits per heavy atom. The van der Waals surface area contributed by atoms with Gasteiger partial charge in [-0.15, -0.1) is 0 Å². The van der Waals surface area contributed by atoms with E-state index in [2.05, 4.69) is 0 Å². The van der Waals surface area contributed by atoms with Crippen LogP contribution in [-0.4, -0.2) is 25.3 Å². The molecule has 0 saturated heterocycles. The van der Waals surface area contributed by atoms with Gasteiger partial charge in [-0.3, -0.25) is 0 Å². The first-order valence-corrected chi connectivity index (χ1v) is 6.58. The van der Waals surface area contributed by atoms with Crippen LogP contribution in [0.5, 0.6) is 0 Å². The lowest BCUT2D eigenvalue weighted by Crippen LogP contribution is -2.37. The Hall–Kier alpha value is -1.52. The molecule has 0 bridgehead atoms. The van der Waals surface area contributed by atoms with E-state index in [0.29, 0.717) is 6.07 Å². The second-order valence-electron chi connectivity index (χ2n) is 3.88. The first kappa shape index (κ1) is 14.5. The second kappa shape index (κ2) is 5.42. The summed E-state index contributed by atoms with van der Waals surface area (Å²) in [7, 11) is -4.00. The molecule has 0 saturated carbocycles. The van der Waals surface area contributed by atoms with Crippen LogP contribution >= 0.6 is 0 Å². The average molecular weight is 274 g/mol. The van der Waals surface area contributed by atoms with Gasteiger partial charge < -0.3 is 0 Å². The average Bonchev–Trinajstić information content (AvgIpc) is 2.28. The van der Waals surface area contributed by atoms with Crippen molar-refractivity contribution in [1.29, 1.82) is 5.26 Å².